The number of β-lactam (4-membered cyclic amide) rings is 1. The van der Waals surface area contributed by atoms with Crippen LogP contribution in [0.15, 0.2) is 47.4 Å². The Morgan fingerprint density at radius 2 is 1.71 bits per heavy atom. The van der Waals surface area contributed by atoms with Gasteiger partial charge in [-0.1, -0.05) is 23.2 Å². The van der Waals surface area contributed by atoms with Gasteiger partial charge < -0.3 is 19.7 Å². The lowest BCUT2D eigenvalue weighted by atomic mass is 9.92. The second-order valence-electron chi connectivity index (χ2n) is 9.83. The third-order valence-corrected chi connectivity index (χ3v) is 10.0. The second kappa shape index (κ2) is 12.9. The number of fused-ring (bicyclic) bond motifs is 1. The van der Waals surface area contributed by atoms with E-state index in [2.05, 4.69) is 5.32 Å². The number of halogens is 2. The number of ether oxygens (including phenoxy) is 2. The summed E-state index contributed by atoms with van der Waals surface area (Å²) in [6.07, 6.45) is 1.12. The number of Topliss-reactive ketones (excluding diaryl/α,β-unsaturated/α-hetero) is 2. The molecular weight excluding hydrogens is 595 g/mol. The maximum atomic E-state index is 13.5. The molecule has 41 heavy (non-hydrogen) atoms. The van der Waals surface area contributed by atoms with Crippen LogP contribution in [0.25, 0.3) is 0 Å². The lowest BCUT2D eigenvalue weighted by molar-refractivity contribution is -0.150. The topological polar surface area (TPSA) is 136 Å². The molecule has 3 fully saturated rings. The van der Waals surface area contributed by atoms with E-state index in [1.54, 1.807) is 18.2 Å². The highest BCUT2D eigenvalue weighted by atomic mass is 35.5. The number of hydrogen-bond acceptors (Lipinski definition) is 8. The third kappa shape index (κ3) is 6.43. The average molecular weight is 626 g/mol. The predicted molar refractivity (Wildman–Crippen MR) is 150 cm³/mol. The molecule has 0 radical (unpaired) electrons. The summed E-state index contributed by atoms with van der Waals surface area (Å²) in [6.45, 7) is 2.89. The number of sulfone groups is 1. The molecule has 0 aromatic heterocycles. The monoisotopic (exact) mass is 624 g/mol. The van der Waals surface area contributed by atoms with Gasteiger partial charge in [0.15, 0.2) is 12.6 Å². The van der Waals surface area contributed by atoms with Crippen molar-refractivity contribution in [1.82, 2.24) is 10.2 Å². The summed E-state index contributed by atoms with van der Waals surface area (Å²) >= 11 is 12.0. The molecule has 2 aromatic rings. The zero-order chi connectivity index (χ0) is 29.8. The molecule has 13 heteroatoms. The molecule has 3 aliphatic rings. The van der Waals surface area contributed by atoms with Gasteiger partial charge in [-0.15, -0.1) is 0 Å². The van der Waals surface area contributed by atoms with Gasteiger partial charge in [-0.2, -0.15) is 0 Å². The Hall–Kier alpha value is -2.99. The van der Waals surface area contributed by atoms with E-state index in [9.17, 15) is 27.6 Å². The Kier molecular flexibility index (Phi) is 9.73. The summed E-state index contributed by atoms with van der Waals surface area (Å²) < 4.78 is 37.8. The van der Waals surface area contributed by atoms with Crippen LogP contribution < -0.4 is 10.1 Å². The molecule has 0 bridgehead atoms. The lowest BCUT2D eigenvalue weighted by Gasteiger charge is -2.44. The van der Waals surface area contributed by atoms with Crippen LogP contribution in [0.1, 0.15) is 38.2 Å². The fourth-order valence-electron chi connectivity index (χ4n) is 5.05. The van der Waals surface area contributed by atoms with E-state index in [0.29, 0.717) is 53.8 Å². The normalized spacial score (nSPS) is 22.2. The van der Waals surface area contributed by atoms with Crippen molar-refractivity contribution in [2.75, 3.05) is 26.5 Å². The van der Waals surface area contributed by atoms with Crippen molar-refractivity contribution in [1.29, 1.82) is 0 Å². The first-order chi connectivity index (χ1) is 19.5. The molecule has 2 aromatic carbocycles. The first-order valence-electron chi connectivity index (χ1n) is 13.1. The third-order valence-electron chi connectivity index (χ3n) is 7.20. The number of nitrogens with zero attached hydrogens (tertiary/aromatic N) is 1. The van der Waals surface area contributed by atoms with Crippen LogP contribution in [0.5, 0.6) is 5.75 Å². The van der Waals surface area contributed by atoms with Crippen LogP contribution >= 0.6 is 23.2 Å². The van der Waals surface area contributed by atoms with Crippen LogP contribution in [0.2, 0.25) is 10.0 Å². The maximum absolute atomic E-state index is 13.5. The van der Waals surface area contributed by atoms with Crippen LogP contribution in [0.3, 0.4) is 0 Å². The van der Waals surface area contributed by atoms with Gasteiger partial charge in [0.2, 0.25) is 26.5 Å². The summed E-state index contributed by atoms with van der Waals surface area (Å²) in [4.78, 5) is 46.3. The van der Waals surface area contributed by atoms with Crippen molar-refractivity contribution in [2.45, 2.75) is 48.8 Å². The zero-order valence-corrected chi connectivity index (χ0v) is 24.7. The molecule has 0 saturated carbocycles. The molecule has 3 aliphatic heterocycles. The zero-order valence-electron chi connectivity index (χ0n) is 22.4. The molecule has 10 nitrogen and oxygen atoms in total. The van der Waals surface area contributed by atoms with Gasteiger partial charge in [0.1, 0.15) is 11.5 Å². The highest BCUT2D eigenvalue weighted by Crippen LogP contribution is 2.49. The van der Waals surface area contributed by atoms with Gasteiger partial charge in [-0.3, -0.25) is 19.2 Å². The van der Waals surface area contributed by atoms with E-state index in [1.807, 2.05) is 6.92 Å². The van der Waals surface area contributed by atoms with E-state index in [0.717, 1.165) is 0 Å². The minimum Gasteiger partial charge on any atom is -0.467 e. The Morgan fingerprint density at radius 3 is 2.39 bits per heavy atom. The molecule has 3 saturated heterocycles. The number of carbonyl (C=O) groups is 4. The van der Waals surface area contributed by atoms with Crippen molar-refractivity contribution in [3.63, 3.8) is 0 Å². The van der Waals surface area contributed by atoms with Crippen molar-refractivity contribution in [2.24, 2.45) is 5.92 Å². The molecule has 1 N–H and O–H groups in total. The molecule has 0 aliphatic carbocycles. The number of amides is 2. The van der Waals surface area contributed by atoms with Crippen LogP contribution in [0, 0.1) is 5.92 Å². The Balaban J connectivity index is 0.000000367. The van der Waals surface area contributed by atoms with E-state index < -0.39 is 26.4 Å². The van der Waals surface area contributed by atoms with E-state index in [-0.39, 0.29) is 48.7 Å². The van der Waals surface area contributed by atoms with Gasteiger partial charge >= 0.3 is 0 Å². The molecule has 2 amide bonds. The summed E-state index contributed by atoms with van der Waals surface area (Å²) in [5, 5.41) is 3.44. The fourth-order valence-corrected chi connectivity index (χ4v) is 7.46. The number of ketones is 2. The minimum absolute atomic E-state index is 0.000787. The number of rotatable bonds is 8. The quantitative estimate of drug-likeness (QED) is 0.268. The standard InChI is InChI=1S/C22H21Cl2NO6S.C6H9NO2/c1-2-30-13-31-19-8-5-17(24)10-14(19)9-15-12-25-20(26)11-22(25,21(15)27)32(28,29)18-6-3-16(23)4-7-18;8-5-1-2-6(9)7-4-3-5/h3-8,10,15H,2,9,11-13H2,1H3;1-4H2,(H,7,9). The summed E-state index contributed by atoms with van der Waals surface area (Å²) in [6, 6.07) is 10.6. The average Bonchev–Trinajstić information content (AvgIpc) is 3.02. The van der Waals surface area contributed by atoms with Gasteiger partial charge in [-0.25, -0.2) is 8.42 Å². The van der Waals surface area contributed by atoms with Crippen molar-refractivity contribution < 1.29 is 37.1 Å². The summed E-state index contributed by atoms with van der Waals surface area (Å²) in [5.74, 6) is -0.892. The number of nitrogens with one attached hydrogen (secondary N) is 1. The van der Waals surface area contributed by atoms with E-state index in [4.69, 9.17) is 32.7 Å². The van der Waals surface area contributed by atoms with E-state index >= 15 is 0 Å². The second-order valence-corrected chi connectivity index (χ2v) is 12.9. The summed E-state index contributed by atoms with van der Waals surface area (Å²) in [5.41, 5.74) is 0.643. The Morgan fingerprint density at radius 1 is 1.00 bits per heavy atom. The van der Waals surface area contributed by atoms with Crippen molar-refractivity contribution in [3.8, 4) is 5.75 Å². The van der Waals surface area contributed by atoms with Crippen LogP contribution in [0.4, 0.5) is 0 Å². The molecule has 220 valence electrons. The number of hydrogen-bond donors (Lipinski definition) is 1. The summed E-state index contributed by atoms with van der Waals surface area (Å²) in [7, 11) is -4.14. The minimum atomic E-state index is -4.14. The number of carbonyl (C=O) groups excluding carboxylic acids is 4. The molecular formula is C28H30Cl2N2O8S. The largest absolute Gasteiger partial charge is 0.467 e. The van der Waals surface area contributed by atoms with Gasteiger partial charge in [-0.05, 0) is 61.4 Å². The highest BCUT2D eigenvalue weighted by Gasteiger charge is 2.70. The first kappa shape index (κ1) is 31.0. The van der Waals surface area contributed by atoms with Crippen molar-refractivity contribution in [3.05, 3.63) is 58.1 Å². The highest BCUT2D eigenvalue weighted by molar-refractivity contribution is 7.93. The predicted octanol–water partition coefficient (Wildman–Crippen LogP) is 3.37. The van der Waals surface area contributed by atoms with Crippen molar-refractivity contribution >= 4 is 56.4 Å². The maximum Gasteiger partial charge on any atom is 0.228 e. The lowest BCUT2D eigenvalue weighted by Crippen LogP contribution is -2.67. The number of benzene rings is 2. The smallest absolute Gasteiger partial charge is 0.228 e. The first-order valence-corrected chi connectivity index (χ1v) is 15.4. The molecule has 3 heterocycles. The van der Waals surface area contributed by atoms with E-state index in [1.165, 1.54) is 29.2 Å². The Bertz CT molecular complexity index is 1430. The Labute approximate surface area is 248 Å². The molecule has 0 spiro atoms. The van der Waals surface area contributed by atoms with Gasteiger partial charge in [0.05, 0.1) is 11.3 Å². The molecule has 2 unspecified atom stereocenters. The molecule has 2 atom stereocenters. The SMILES string of the molecule is CCOCOc1ccc(Cl)cc1CC1CN2C(=O)CC2(S(=O)(=O)c2ccc(Cl)cc2)C1=O.O=C1CCNC(=O)CC1. The van der Waals surface area contributed by atoms with Crippen LogP contribution in [-0.2, 0) is 40.2 Å². The molecule has 5 rings (SSSR count). The van der Waals surface area contributed by atoms with Crippen LogP contribution in [-0.4, -0.2) is 68.1 Å². The van der Waals surface area contributed by atoms with Gasteiger partial charge in [0, 0.05) is 54.9 Å². The van der Waals surface area contributed by atoms with Gasteiger partial charge in [0.25, 0.3) is 0 Å². The fraction of sp³-hybridized carbons (Fsp3) is 0.429.